The molecule has 0 rings (SSSR count). The second kappa shape index (κ2) is 3.68. The lowest BCUT2D eigenvalue weighted by Crippen LogP contribution is -2.09. The van der Waals surface area contributed by atoms with E-state index in [-0.39, 0.29) is 12.3 Å². The van der Waals surface area contributed by atoms with E-state index in [4.69, 9.17) is 11.8 Å². The summed E-state index contributed by atoms with van der Waals surface area (Å²) in [4.78, 5) is 12.0. The summed E-state index contributed by atoms with van der Waals surface area (Å²) in [5.74, 6) is -0.225. The number of nitrogens with one attached hydrogen (secondary N) is 1. The van der Waals surface area contributed by atoms with Crippen molar-refractivity contribution in [2.75, 3.05) is 0 Å². The fraction of sp³-hybridized carbons (Fsp3) is 0.250. The molecule has 0 saturated heterocycles. The number of carbonyl (C=O) groups is 1. The van der Waals surface area contributed by atoms with Crippen LogP contribution in [-0.2, 0) is 4.79 Å². The molecule has 0 atom stereocenters. The highest BCUT2D eigenvalue weighted by Crippen LogP contribution is 1.78. The number of hydrogen-bond acceptors (Lipinski definition) is 1. The molecular formula is C4H6ClNO. The van der Waals surface area contributed by atoms with E-state index in [2.05, 4.69) is 6.58 Å². The molecule has 0 saturated carbocycles. The summed E-state index contributed by atoms with van der Waals surface area (Å²) in [6.07, 6.45) is 1.77. The Kier molecular flexibility index (Phi) is 3.42. The molecule has 1 N–H and O–H groups in total. The summed E-state index contributed by atoms with van der Waals surface area (Å²) < 4.78 is 0. The molecule has 0 aliphatic heterocycles. The Labute approximate surface area is 47.3 Å². The third kappa shape index (κ3) is 3.33. The van der Waals surface area contributed by atoms with E-state index < -0.39 is 0 Å². The molecule has 2 nitrogen and oxygen atoms in total. The molecular weight excluding hydrogens is 114 g/mol. The predicted octanol–water partition coefficient (Wildman–Crippen LogP) is 0.833. The quantitative estimate of drug-likeness (QED) is 0.424. The third-order valence-corrected chi connectivity index (χ3v) is 0.646. The summed E-state index contributed by atoms with van der Waals surface area (Å²) in [5, 5.41) is 0. The minimum absolute atomic E-state index is 0.225. The number of amides is 1. The standard InChI is InChI=1S/C4H6ClNO/c1-2-3-4(7)6-5/h2H,1,3H2,(H,6,7). The summed E-state index contributed by atoms with van der Waals surface area (Å²) in [5.41, 5.74) is 0. The summed E-state index contributed by atoms with van der Waals surface area (Å²) >= 11 is 4.88. The number of halogens is 1. The largest absolute Gasteiger partial charge is 0.273 e. The molecule has 0 unspecified atom stereocenters. The maximum absolute atomic E-state index is 10.1. The van der Waals surface area contributed by atoms with Crippen molar-refractivity contribution in [2.45, 2.75) is 6.42 Å². The van der Waals surface area contributed by atoms with Crippen LogP contribution in [0.15, 0.2) is 12.7 Å². The van der Waals surface area contributed by atoms with Crippen molar-refractivity contribution in [2.24, 2.45) is 0 Å². The molecule has 3 heteroatoms. The minimum Gasteiger partial charge on any atom is -0.273 e. The van der Waals surface area contributed by atoms with Gasteiger partial charge >= 0.3 is 0 Å². The Morgan fingerprint density at radius 3 is 2.71 bits per heavy atom. The molecule has 0 bridgehead atoms. The van der Waals surface area contributed by atoms with Gasteiger partial charge in [-0.05, 0) is 0 Å². The first kappa shape index (κ1) is 6.50. The van der Waals surface area contributed by atoms with Crippen molar-refractivity contribution in [3.8, 4) is 0 Å². The van der Waals surface area contributed by atoms with Crippen LogP contribution in [0, 0.1) is 0 Å². The van der Waals surface area contributed by atoms with Crippen LogP contribution in [0.25, 0.3) is 0 Å². The first-order valence-electron chi connectivity index (χ1n) is 1.81. The van der Waals surface area contributed by atoms with E-state index >= 15 is 0 Å². The van der Waals surface area contributed by atoms with Gasteiger partial charge in [-0.2, -0.15) is 0 Å². The zero-order chi connectivity index (χ0) is 5.70. The van der Waals surface area contributed by atoms with E-state index in [1.54, 1.807) is 0 Å². The van der Waals surface area contributed by atoms with Crippen LogP contribution < -0.4 is 4.84 Å². The van der Waals surface area contributed by atoms with Crippen molar-refractivity contribution in [3.63, 3.8) is 0 Å². The molecule has 0 aromatic rings. The monoisotopic (exact) mass is 119 g/mol. The Bertz CT molecular complexity index is 81.8. The number of carbonyl (C=O) groups excluding carboxylic acids is 1. The van der Waals surface area contributed by atoms with Crippen molar-refractivity contribution in [1.82, 2.24) is 4.84 Å². The van der Waals surface area contributed by atoms with Crippen molar-refractivity contribution in [1.29, 1.82) is 0 Å². The van der Waals surface area contributed by atoms with Crippen LogP contribution in [-0.4, -0.2) is 5.91 Å². The molecule has 0 aromatic carbocycles. The van der Waals surface area contributed by atoms with Gasteiger partial charge in [0.25, 0.3) is 0 Å². The Morgan fingerprint density at radius 2 is 2.57 bits per heavy atom. The Morgan fingerprint density at radius 1 is 2.00 bits per heavy atom. The Balaban J connectivity index is 3.17. The van der Waals surface area contributed by atoms with Crippen molar-refractivity contribution in [3.05, 3.63) is 12.7 Å². The van der Waals surface area contributed by atoms with Gasteiger partial charge in [-0.1, -0.05) is 6.08 Å². The van der Waals surface area contributed by atoms with Gasteiger partial charge < -0.3 is 0 Å². The zero-order valence-electron chi connectivity index (χ0n) is 3.78. The van der Waals surface area contributed by atoms with Gasteiger partial charge in [-0.3, -0.25) is 9.63 Å². The average molecular weight is 120 g/mol. The average Bonchev–Trinajstić information content (AvgIpc) is 1.68. The lowest BCUT2D eigenvalue weighted by Gasteiger charge is -1.85. The normalized spacial score (nSPS) is 7.57. The highest BCUT2D eigenvalue weighted by atomic mass is 35.5. The molecule has 0 radical (unpaired) electrons. The van der Waals surface area contributed by atoms with E-state index in [0.29, 0.717) is 0 Å². The lowest BCUT2D eigenvalue weighted by atomic mass is 10.4. The first-order valence-corrected chi connectivity index (χ1v) is 2.19. The first-order chi connectivity index (χ1) is 3.31. The highest BCUT2D eigenvalue weighted by Gasteiger charge is 1.89. The van der Waals surface area contributed by atoms with Crippen molar-refractivity contribution < 1.29 is 4.79 Å². The van der Waals surface area contributed by atoms with Gasteiger partial charge in [0, 0.05) is 18.2 Å². The molecule has 40 valence electrons. The van der Waals surface area contributed by atoms with E-state index in [1.807, 2.05) is 4.84 Å². The van der Waals surface area contributed by atoms with Gasteiger partial charge in [-0.15, -0.1) is 6.58 Å². The molecule has 0 aliphatic rings. The predicted molar refractivity (Wildman–Crippen MR) is 28.8 cm³/mol. The van der Waals surface area contributed by atoms with Crippen LogP contribution in [0.4, 0.5) is 0 Å². The third-order valence-electron chi connectivity index (χ3n) is 0.435. The number of hydrogen-bond donors (Lipinski definition) is 1. The van der Waals surface area contributed by atoms with Crippen LogP contribution in [0.5, 0.6) is 0 Å². The topological polar surface area (TPSA) is 29.1 Å². The maximum Gasteiger partial charge on any atom is 0.238 e. The van der Waals surface area contributed by atoms with E-state index in [9.17, 15) is 4.79 Å². The minimum atomic E-state index is -0.225. The molecule has 7 heavy (non-hydrogen) atoms. The summed E-state index contributed by atoms with van der Waals surface area (Å²) in [6.45, 7) is 3.33. The Hall–Kier alpha value is -0.500. The highest BCUT2D eigenvalue weighted by molar-refractivity contribution is 6.21. The smallest absolute Gasteiger partial charge is 0.238 e. The van der Waals surface area contributed by atoms with Crippen LogP contribution in [0.3, 0.4) is 0 Å². The second-order valence-electron chi connectivity index (χ2n) is 1.01. The van der Waals surface area contributed by atoms with Gasteiger partial charge in [0.2, 0.25) is 5.91 Å². The maximum atomic E-state index is 10.1. The van der Waals surface area contributed by atoms with Gasteiger partial charge in [0.05, 0.1) is 0 Å². The molecule has 0 fully saturated rings. The fourth-order valence-corrected chi connectivity index (χ4v) is 0.247. The molecule has 1 amide bonds. The molecule has 0 aromatic heterocycles. The molecule has 0 spiro atoms. The van der Waals surface area contributed by atoms with Crippen molar-refractivity contribution >= 4 is 17.7 Å². The number of rotatable bonds is 2. The van der Waals surface area contributed by atoms with Crippen LogP contribution in [0.1, 0.15) is 6.42 Å². The zero-order valence-corrected chi connectivity index (χ0v) is 4.53. The van der Waals surface area contributed by atoms with Crippen LogP contribution in [0.2, 0.25) is 0 Å². The molecule has 0 aliphatic carbocycles. The van der Waals surface area contributed by atoms with Crippen LogP contribution >= 0.6 is 11.8 Å². The van der Waals surface area contributed by atoms with Gasteiger partial charge in [0.15, 0.2) is 0 Å². The fourth-order valence-electron chi connectivity index (χ4n) is 0.170. The summed E-state index contributed by atoms with van der Waals surface area (Å²) in [7, 11) is 0. The lowest BCUT2D eigenvalue weighted by molar-refractivity contribution is -0.118. The SMILES string of the molecule is C=CCC(=O)NCl. The second-order valence-corrected chi connectivity index (χ2v) is 1.20. The van der Waals surface area contributed by atoms with E-state index in [1.165, 1.54) is 6.08 Å². The van der Waals surface area contributed by atoms with E-state index in [0.717, 1.165) is 0 Å². The molecule has 0 heterocycles. The summed E-state index contributed by atoms with van der Waals surface area (Å²) in [6, 6.07) is 0. The van der Waals surface area contributed by atoms with Gasteiger partial charge in [0.1, 0.15) is 0 Å². The van der Waals surface area contributed by atoms with Gasteiger partial charge in [-0.25, -0.2) is 0 Å².